The third-order valence-corrected chi connectivity index (χ3v) is 3.11. The van der Waals surface area contributed by atoms with Gasteiger partial charge < -0.3 is 14.9 Å². The first-order chi connectivity index (χ1) is 8.93. The largest absolute Gasteiger partial charge is 0.480 e. The molecule has 0 aliphatic carbocycles. The van der Waals surface area contributed by atoms with Crippen LogP contribution in [0.5, 0.6) is 0 Å². The first kappa shape index (κ1) is 15.5. The number of carboxylic acids is 1. The molecule has 2 amide bonds. The summed E-state index contributed by atoms with van der Waals surface area (Å²) >= 11 is 0. The van der Waals surface area contributed by atoms with Crippen LogP contribution in [0.3, 0.4) is 0 Å². The van der Waals surface area contributed by atoms with E-state index in [1.165, 1.54) is 0 Å². The normalized spacial score (nSPS) is 16.2. The fourth-order valence-electron chi connectivity index (χ4n) is 2.13. The van der Waals surface area contributed by atoms with E-state index in [9.17, 15) is 9.59 Å². The van der Waals surface area contributed by atoms with Gasteiger partial charge in [0.15, 0.2) is 0 Å². The van der Waals surface area contributed by atoms with Gasteiger partial charge >= 0.3 is 12.0 Å². The molecule has 1 fully saturated rings. The van der Waals surface area contributed by atoms with E-state index < -0.39 is 5.97 Å². The minimum Gasteiger partial charge on any atom is -0.480 e. The minimum atomic E-state index is -0.822. The number of rotatable bonds is 5. The van der Waals surface area contributed by atoms with Crippen LogP contribution >= 0.6 is 0 Å². The molecule has 1 N–H and O–H groups in total. The van der Waals surface area contributed by atoms with Gasteiger partial charge in [0.1, 0.15) is 0 Å². The van der Waals surface area contributed by atoms with E-state index in [-0.39, 0.29) is 12.6 Å². The molecular weight excluding hydrogens is 246 g/mol. The van der Waals surface area contributed by atoms with Crippen molar-refractivity contribution < 1.29 is 14.7 Å². The lowest BCUT2D eigenvalue weighted by molar-refractivity contribution is -0.138. The molecule has 0 saturated carbocycles. The highest BCUT2D eigenvalue weighted by Crippen LogP contribution is 2.07. The maximum atomic E-state index is 12.3. The van der Waals surface area contributed by atoms with Crippen LogP contribution in [-0.4, -0.2) is 77.6 Å². The molecule has 6 heteroatoms. The Morgan fingerprint density at radius 2 is 1.84 bits per heavy atom. The van der Waals surface area contributed by atoms with E-state index in [1.807, 2.05) is 18.7 Å². The maximum Gasteiger partial charge on any atom is 0.320 e. The second-order valence-electron chi connectivity index (χ2n) is 4.91. The molecular formula is C13H23N3O3. The van der Waals surface area contributed by atoms with Crippen molar-refractivity contribution in [1.82, 2.24) is 14.7 Å². The predicted octanol–water partition coefficient (Wildman–Crippen LogP) is 0.707. The Balaban J connectivity index is 2.47. The topological polar surface area (TPSA) is 64.1 Å². The summed E-state index contributed by atoms with van der Waals surface area (Å²) in [6, 6.07) is 0.0143. The van der Waals surface area contributed by atoms with Gasteiger partial charge in [0.25, 0.3) is 0 Å². The average molecular weight is 269 g/mol. The average Bonchev–Trinajstić information content (AvgIpc) is 2.35. The van der Waals surface area contributed by atoms with E-state index in [1.54, 1.807) is 9.80 Å². The molecule has 0 atom stereocenters. The van der Waals surface area contributed by atoms with E-state index in [0.29, 0.717) is 39.3 Å². The van der Waals surface area contributed by atoms with Gasteiger partial charge in [0.05, 0.1) is 6.54 Å². The lowest BCUT2D eigenvalue weighted by Crippen LogP contribution is -2.53. The summed E-state index contributed by atoms with van der Waals surface area (Å²) in [5.41, 5.74) is 0.958. The number of hydrogen-bond acceptors (Lipinski definition) is 3. The number of likely N-dealkylation sites (N-methyl/N-ethyl adjacent to an activating group) is 1. The Bertz CT molecular complexity index is 349. The number of carboxylic acid groups (broad SMARTS) is 1. The summed E-state index contributed by atoms with van der Waals surface area (Å²) in [7, 11) is 0. The van der Waals surface area contributed by atoms with Gasteiger partial charge in [-0.25, -0.2) is 4.79 Å². The summed E-state index contributed by atoms with van der Waals surface area (Å²) in [5, 5.41) is 8.73. The number of urea groups is 1. The number of aliphatic carboxylic acids is 1. The van der Waals surface area contributed by atoms with Gasteiger partial charge in [-0.1, -0.05) is 12.2 Å². The van der Waals surface area contributed by atoms with Crippen LogP contribution in [0.4, 0.5) is 4.79 Å². The quantitative estimate of drug-likeness (QED) is 0.746. The minimum absolute atomic E-state index is 0.0143. The Morgan fingerprint density at radius 1 is 1.26 bits per heavy atom. The molecule has 1 saturated heterocycles. The van der Waals surface area contributed by atoms with Crippen molar-refractivity contribution in [2.45, 2.75) is 13.8 Å². The Hall–Kier alpha value is -1.56. The zero-order chi connectivity index (χ0) is 14.4. The molecule has 108 valence electrons. The summed E-state index contributed by atoms with van der Waals surface area (Å²) < 4.78 is 0. The second-order valence-corrected chi connectivity index (χ2v) is 4.91. The van der Waals surface area contributed by atoms with Crippen molar-refractivity contribution in [2.24, 2.45) is 0 Å². The smallest absolute Gasteiger partial charge is 0.320 e. The van der Waals surface area contributed by atoms with E-state index >= 15 is 0 Å². The zero-order valence-corrected chi connectivity index (χ0v) is 11.8. The number of carbonyl (C=O) groups is 2. The van der Waals surface area contributed by atoms with Crippen LogP contribution in [0.2, 0.25) is 0 Å². The first-order valence-corrected chi connectivity index (χ1v) is 6.56. The lowest BCUT2D eigenvalue weighted by atomic mass is 10.3. The highest BCUT2D eigenvalue weighted by Gasteiger charge is 2.25. The molecule has 0 aromatic heterocycles. The molecule has 0 bridgehead atoms. The summed E-state index contributed by atoms with van der Waals surface area (Å²) in [5.74, 6) is -0.822. The molecule has 0 aromatic carbocycles. The van der Waals surface area contributed by atoms with E-state index in [0.717, 1.165) is 5.57 Å². The van der Waals surface area contributed by atoms with Crippen molar-refractivity contribution in [3.05, 3.63) is 12.2 Å². The van der Waals surface area contributed by atoms with Crippen molar-refractivity contribution in [3.8, 4) is 0 Å². The molecule has 19 heavy (non-hydrogen) atoms. The molecule has 1 aliphatic heterocycles. The van der Waals surface area contributed by atoms with E-state index in [2.05, 4.69) is 6.58 Å². The molecule has 1 aliphatic rings. The third-order valence-electron chi connectivity index (χ3n) is 3.11. The van der Waals surface area contributed by atoms with Crippen LogP contribution in [0.15, 0.2) is 12.2 Å². The first-order valence-electron chi connectivity index (χ1n) is 6.56. The van der Waals surface area contributed by atoms with Gasteiger partial charge in [-0.15, -0.1) is 0 Å². The molecule has 1 heterocycles. The molecule has 0 spiro atoms. The number of nitrogens with zero attached hydrogens (tertiary/aromatic N) is 3. The van der Waals surface area contributed by atoms with Crippen molar-refractivity contribution in [1.29, 1.82) is 0 Å². The van der Waals surface area contributed by atoms with Crippen LogP contribution in [0, 0.1) is 0 Å². The molecule has 0 aromatic rings. The number of piperazine rings is 1. The van der Waals surface area contributed by atoms with Crippen LogP contribution in [0.1, 0.15) is 13.8 Å². The summed E-state index contributed by atoms with van der Waals surface area (Å²) in [6.45, 7) is 11.3. The fraction of sp³-hybridized carbons (Fsp3) is 0.692. The molecule has 1 rings (SSSR count). The monoisotopic (exact) mass is 269 g/mol. The summed E-state index contributed by atoms with van der Waals surface area (Å²) in [4.78, 5) is 28.3. The number of amides is 2. The highest BCUT2D eigenvalue weighted by molar-refractivity contribution is 5.75. The predicted molar refractivity (Wildman–Crippen MR) is 73.1 cm³/mol. The fourth-order valence-corrected chi connectivity index (χ4v) is 2.13. The van der Waals surface area contributed by atoms with Crippen LogP contribution in [0.25, 0.3) is 0 Å². The second kappa shape index (κ2) is 7.13. The number of carbonyl (C=O) groups excluding carboxylic acids is 1. The van der Waals surface area contributed by atoms with Gasteiger partial charge in [-0.2, -0.15) is 0 Å². The molecule has 6 nitrogen and oxygen atoms in total. The Labute approximate surface area is 114 Å². The highest BCUT2D eigenvalue weighted by atomic mass is 16.4. The van der Waals surface area contributed by atoms with Crippen LogP contribution < -0.4 is 0 Å². The van der Waals surface area contributed by atoms with Gasteiger partial charge in [-0.05, 0) is 13.8 Å². The summed E-state index contributed by atoms with van der Waals surface area (Å²) in [6.07, 6.45) is 0. The van der Waals surface area contributed by atoms with Gasteiger partial charge in [0, 0.05) is 39.3 Å². The van der Waals surface area contributed by atoms with Gasteiger partial charge in [0.2, 0.25) is 0 Å². The maximum absolute atomic E-state index is 12.3. The van der Waals surface area contributed by atoms with Gasteiger partial charge in [-0.3, -0.25) is 9.69 Å². The zero-order valence-electron chi connectivity index (χ0n) is 11.8. The van der Waals surface area contributed by atoms with Crippen LogP contribution in [-0.2, 0) is 4.79 Å². The Kier molecular flexibility index (Phi) is 5.82. The van der Waals surface area contributed by atoms with Crippen molar-refractivity contribution in [2.75, 3.05) is 45.8 Å². The third kappa shape index (κ3) is 4.90. The number of hydrogen-bond donors (Lipinski definition) is 1. The lowest BCUT2D eigenvalue weighted by Gasteiger charge is -2.36. The van der Waals surface area contributed by atoms with Crippen molar-refractivity contribution >= 4 is 12.0 Å². The SMILES string of the molecule is C=C(C)CN(CC)C(=O)N1CCN(CC(=O)O)CC1. The Morgan fingerprint density at radius 3 is 2.26 bits per heavy atom. The molecule has 0 radical (unpaired) electrons. The van der Waals surface area contributed by atoms with E-state index in [4.69, 9.17) is 5.11 Å². The molecule has 0 unspecified atom stereocenters. The van der Waals surface area contributed by atoms with Crippen molar-refractivity contribution in [3.63, 3.8) is 0 Å². The standard InChI is InChI=1S/C13H23N3O3/c1-4-15(9-11(2)3)13(19)16-7-5-14(6-8-16)10-12(17)18/h2,4-10H2,1,3H3,(H,17,18).